The molecule has 3 nitrogen and oxygen atoms in total. The predicted molar refractivity (Wildman–Crippen MR) is 78.4 cm³/mol. The van der Waals surface area contributed by atoms with Crippen LogP contribution in [0.5, 0.6) is 0 Å². The van der Waals surface area contributed by atoms with E-state index in [0.29, 0.717) is 21.3 Å². The Balaban J connectivity index is 2.38. The lowest BCUT2D eigenvalue weighted by molar-refractivity contribution is 0.600. The molecule has 0 radical (unpaired) electrons. The number of halogens is 2. The van der Waals surface area contributed by atoms with Crippen molar-refractivity contribution >= 4 is 38.9 Å². The summed E-state index contributed by atoms with van der Waals surface area (Å²) >= 11 is 11.7. The molecular weight excluding hydrogens is 305 g/mol. The quantitative estimate of drug-likeness (QED) is 0.926. The molecule has 1 N–H and O–H groups in total. The summed E-state index contributed by atoms with van der Waals surface area (Å²) in [6.07, 6.45) is 0. The number of hydrogen-bond acceptors (Lipinski definition) is 2. The van der Waals surface area contributed by atoms with Crippen LogP contribution >= 0.6 is 23.2 Å². The lowest BCUT2D eigenvalue weighted by Gasteiger charge is -2.11. The van der Waals surface area contributed by atoms with Crippen molar-refractivity contribution in [3.05, 3.63) is 58.1 Å². The summed E-state index contributed by atoms with van der Waals surface area (Å²) in [4.78, 5) is 0.162. The standard InChI is InChI=1S/C13H11Cl2NO2S/c1-9-12(15)3-2-4-13(9)19(17,18)16-11-7-5-10(14)6-8-11/h2-8,16H,1H3. The van der Waals surface area contributed by atoms with Gasteiger partial charge in [-0.1, -0.05) is 29.3 Å². The van der Waals surface area contributed by atoms with Gasteiger partial charge >= 0.3 is 0 Å². The molecule has 0 aliphatic carbocycles. The third-order valence-corrected chi connectivity index (χ3v) is 4.79. The number of sulfonamides is 1. The molecule has 0 atom stereocenters. The molecule has 2 aromatic rings. The van der Waals surface area contributed by atoms with Crippen molar-refractivity contribution < 1.29 is 8.42 Å². The van der Waals surface area contributed by atoms with Crippen LogP contribution < -0.4 is 4.72 Å². The molecule has 100 valence electrons. The van der Waals surface area contributed by atoms with E-state index in [1.54, 1.807) is 43.3 Å². The molecule has 0 fully saturated rings. The fourth-order valence-corrected chi connectivity index (χ4v) is 3.29. The second kappa shape index (κ2) is 5.41. The Hall–Kier alpha value is -1.23. The molecule has 0 aliphatic heterocycles. The number of anilines is 1. The van der Waals surface area contributed by atoms with Crippen LogP contribution in [0.25, 0.3) is 0 Å². The molecule has 0 aromatic heterocycles. The summed E-state index contributed by atoms with van der Waals surface area (Å²) in [6, 6.07) is 11.2. The van der Waals surface area contributed by atoms with Crippen LogP contribution in [0.15, 0.2) is 47.4 Å². The molecular formula is C13H11Cl2NO2S. The molecule has 6 heteroatoms. The Morgan fingerprint density at radius 3 is 2.26 bits per heavy atom. The van der Waals surface area contributed by atoms with Crippen molar-refractivity contribution in [3.8, 4) is 0 Å². The highest BCUT2D eigenvalue weighted by atomic mass is 35.5. The topological polar surface area (TPSA) is 46.2 Å². The molecule has 19 heavy (non-hydrogen) atoms. The van der Waals surface area contributed by atoms with Crippen LogP contribution in [0, 0.1) is 6.92 Å². The Bertz CT molecular complexity index is 697. The summed E-state index contributed by atoms with van der Waals surface area (Å²) in [7, 11) is -3.66. The van der Waals surface area contributed by atoms with Crippen LogP contribution in [0.3, 0.4) is 0 Å². The summed E-state index contributed by atoms with van der Waals surface area (Å²) < 4.78 is 27.0. The van der Waals surface area contributed by atoms with Crippen molar-refractivity contribution in [2.75, 3.05) is 4.72 Å². The maximum Gasteiger partial charge on any atom is 0.262 e. The minimum Gasteiger partial charge on any atom is -0.280 e. The molecule has 0 saturated carbocycles. The summed E-state index contributed by atoms with van der Waals surface area (Å²) in [6.45, 7) is 1.67. The normalized spacial score (nSPS) is 11.3. The highest BCUT2D eigenvalue weighted by molar-refractivity contribution is 7.92. The zero-order valence-corrected chi connectivity index (χ0v) is 12.4. The SMILES string of the molecule is Cc1c(Cl)cccc1S(=O)(=O)Nc1ccc(Cl)cc1. The van der Waals surface area contributed by atoms with Gasteiger partial charge in [0, 0.05) is 15.7 Å². The maximum atomic E-state index is 12.3. The van der Waals surface area contributed by atoms with Gasteiger partial charge < -0.3 is 0 Å². The smallest absolute Gasteiger partial charge is 0.262 e. The number of rotatable bonds is 3. The van der Waals surface area contributed by atoms with Crippen molar-refractivity contribution in [1.82, 2.24) is 0 Å². The highest BCUT2D eigenvalue weighted by Crippen LogP contribution is 2.25. The van der Waals surface area contributed by atoms with Crippen molar-refractivity contribution in [3.63, 3.8) is 0 Å². The zero-order chi connectivity index (χ0) is 14.0. The minimum atomic E-state index is -3.66. The first-order valence-electron chi connectivity index (χ1n) is 5.43. The molecule has 2 rings (SSSR count). The van der Waals surface area contributed by atoms with Gasteiger partial charge in [-0.15, -0.1) is 0 Å². The van der Waals surface area contributed by atoms with Gasteiger partial charge in [0.25, 0.3) is 10.0 Å². The maximum absolute atomic E-state index is 12.3. The lowest BCUT2D eigenvalue weighted by Crippen LogP contribution is -2.14. The van der Waals surface area contributed by atoms with Gasteiger partial charge in [-0.05, 0) is 48.9 Å². The van der Waals surface area contributed by atoms with Crippen LogP contribution in [0.2, 0.25) is 10.0 Å². The van der Waals surface area contributed by atoms with Gasteiger partial charge in [0.05, 0.1) is 4.90 Å². The summed E-state index contributed by atoms with van der Waals surface area (Å²) in [5.74, 6) is 0. The van der Waals surface area contributed by atoms with Gasteiger partial charge in [0.15, 0.2) is 0 Å². The average molecular weight is 316 g/mol. The molecule has 0 amide bonds. The first kappa shape index (κ1) is 14.2. The lowest BCUT2D eigenvalue weighted by atomic mass is 10.2. The first-order valence-corrected chi connectivity index (χ1v) is 7.67. The highest BCUT2D eigenvalue weighted by Gasteiger charge is 2.18. The fourth-order valence-electron chi connectivity index (χ4n) is 1.61. The Labute approximate surface area is 122 Å². The van der Waals surface area contributed by atoms with Crippen LogP contribution in [-0.4, -0.2) is 8.42 Å². The van der Waals surface area contributed by atoms with E-state index in [2.05, 4.69) is 4.72 Å². The molecule has 0 spiro atoms. The van der Waals surface area contributed by atoms with Gasteiger partial charge in [0.1, 0.15) is 0 Å². The molecule has 0 unspecified atom stereocenters. The van der Waals surface area contributed by atoms with Gasteiger partial charge in [-0.2, -0.15) is 0 Å². The number of hydrogen-bond donors (Lipinski definition) is 1. The van der Waals surface area contributed by atoms with E-state index in [9.17, 15) is 8.42 Å². The van der Waals surface area contributed by atoms with E-state index in [-0.39, 0.29) is 4.90 Å². The third-order valence-electron chi connectivity index (χ3n) is 2.60. The zero-order valence-electron chi connectivity index (χ0n) is 10.0. The molecule has 0 heterocycles. The fraction of sp³-hybridized carbons (Fsp3) is 0.0769. The van der Waals surface area contributed by atoms with Gasteiger partial charge in [-0.3, -0.25) is 4.72 Å². The third kappa shape index (κ3) is 3.21. The molecule has 0 aliphatic rings. The summed E-state index contributed by atoms with van der Waals surface area (Å²) in [5.41, 5.74) is 0.967. The monoisotopic (exact) mass is 315 g/mol. The Kier molecular flexibility index (Phi) is 4.04. The molecule has 0 saturated heterocycles. The second-order valence-corrected chi connectivity index (χ2v) is 6.47. The average Bonchev–Trinajstić information content (AvgIpc) is 2.35. The Morgan fingerprint density at radius 1 is 1.00 bits per heavy atom. The van der Waals surface area contributed by atoms with E-state index in [1.165, 1.54) is 6.07 Å². The molecule has 2 aromatic carbocycles. The van der Waals surface area contributed by atoms with Crippen molar-refractivity contribution in [1.29, 1.82) is 0 Å². The van der Waals surface area contributed by atoms with E-state index < -0.39 is 10.0 Å². The first-order chi connectivity index (χ1) is 8.90. The molecule has 0 bridgehead atoms. The number of benzene rings is 2. The largest absolute Gasteiger partial charge is 0.280 e. The van der Waals surface area contributed by atoms with Crippen LogP contribution in [0.4, 0.5) is 5.69 Å². The van der Waals surface area contributed by atoms with Crippen LogP contribution in [-0.2, 0) is 10.0 Å². The van der Waals surface area contributed by atoms with Crippen molar-refractivity contribution in [2.45, 2.75) is 11.8 Å². The van der Waals surface area contributed by atoms with E-state index in [1.807, 2.05) is 0 Å². The minimum absolute atomic E-state index is 0.162. The number of nitrogens with one attached hydrogen (secondary N) is 1. The van der Waals surface area contributed by atoms with E-state index in [0.717, 1.165) is 0 Å². The Morgan fingerprint density at radius 2 is 1.63 bits per heavy atom. The van der Waals surface area contributed by atoms with Gasteiger partial charge in [-0.25, -0.2) is 8.42 Å². The summed E-state index contributed by atoms with van der Waals surface area (Å²) in [5, 5.41) is 0.959. The predicted octanol–water partition coefficient (Wildman–Crippen LogP) is 4.10. The van der Waals surface area contributed by atoms with Crippen molar-refractivity contribution in [2.24, 2.45) is 0 Å². The van der Waals surface area contributed by atoms with E-state index in [4.69, 9.17) is 23.2 Å². The van der Waals surface area contributed by atoms with E-state index >= 15 is 0 Å². The second-order valence-electron chi connectivity index (χ2n) is 3.98. The van der Waals surface area contributed by atoms with Gasteiger partial charge in [0.2, 0.25) is 0 Å². The van der Waals surface area contributed by atoms with Crippen LogP contribution in [0.1, 0.15) is 5.56 Å².